The summed E-state index contributed by atoms with van der Waals surface area (Å²) in [5, 5.41) is 5.53. The number of nitrogens with zero attached hydrogens (tertiary/aromatic N) is 3. The molecule has 0 saturated heterocycles. The summed E-state index contributed by atoms with van der Waals surface area (Å²) in [7, 11) is 0. The first kappa shape index (κ1) is 19.2. The molecule has 0 spiro atoms. The zero-order valence-corrected chi connectivity index (χ0v) is 15.7. The van der Waals surface area contributed by atoms with Gasteiger partial charge in [-0.3, -0.25) is 0 Å². The van der Waals surface area contributed by atoms with Crippen molar-refractivity contribution < 1.29 is 13.2 Å². The van der Waals surface area contributed by atoms with Crippen molar-refractivity contribution in [1.29, 1.82) is 0 Å². The van der Waals surface area contributed by atoms with E-state index >= 15 is 0 Å². The summed E-state index contributed by atoms with van der Waals surface area (Å²) in [5.41, 5.74) is 5.98. The van der Waals surface area contributed by atoms with Crippen molar-refractivity contribution in [3.05, 3.63) is 57.9 Å². The topological polar surface area (TPSA) is 88.8 Å². The van der Waals surface area contributed by atoms with Crippen molar-refractivity contribution in [2.75, 3.05) is 16.4 Å². The largest absolute Gasteiger partial charge is 0.417 e. The molecule has 3 rings (SSSR count). The summed E-state index contributed by atoms with van der Waals surface area (Å²) in [5.74, 6) is 0.460. The molecule has 0 aliphatic carbocycles. The summed E-state index contributed by atoms with van der Waals surface area (Å²) in [6.07, 6.45) is -2.62. The van der Waals surface area contributed by atoms with E-state index in [0.29, 0.717) is 12.0 Å². The lowest BCUT2D eigenvalue weighted by Crippen LogP contribution is -2.08. The Labute approximate surface area is 165 Å². The molecular weight excluding hydrogens is 449 g/mol. The number of anilines is 5. The third-order valence-electron chi connectivity index (χ3n) is 3.40. The molecule has 0 bridgehead atoms. The van der Waals surface area contributed by atoms with Gasteiger partial charge in [-0.15, -0.1) is 0 Å². The molecule has 0 unspecified atom stereocenters. The molecule has 1 aromatic carbocycles. The number of nitrogen functional groups attached to an aromatic ring is 1. The van der Waals surface area contributed by atoms with Crippen LogP contribution < -0.4 is 16.4 Å². The third kappa shape index (κ3) is 4.58. The Morgan fingerprint density at radius 2 is 1.59 bits per heavy atom. The van der Waals surface area contributed by atoms with Crippen molar-refractivity contribution in [3.63, 3.8) is 0 Å². The summed E-state index contributed by atoms with van der Waals surface area (Å²) < 4.78 is 39.0. The molecule has 3 aromatic rings. The lowest BCUT2D eigenvalue weighted by Gasteiger charge is -2.14. The molecule has 11 heteroatoms. The first-order chi connectivity index (χ1) is 12.7. The van der Waals surface area contributed by atoms with Gasteiger partial charge in [-0.2, -0.15) is 13.2 Å². The van der Waals surface area contributed by atoms with E-state index < -0.39 is 11.7 Å². The van der Waals surface area contributed by atoms with Crippen LogP contribution in [-0.2, 0) is 6.18 Å². The highest BCUT2D eigenvalue weighted by atomic mass is 79.9. The van der Waals surface area contributed by atoms with Crippen LogP contribution in [0, 0.1) is 0 Å². The Bertz CT molecular complexity index is 965. The minimum absolute atomic E-state index is 0.00958. The Balaban J connectivity index is 1.85. The van der Waals surface area contributed by atoms with Crippen molar-refractivity contribution >= 4 is 56.4 Å². The number of alkyl halides is 3. The molecule has 0 aliphatic rings. The van der Waals surface area contributed by atoms with Crippen LogP contribution in [0.4, 0.5) is 42.0 Å². The Kier molecular flexibility index (Phi) is 5.38. The average Bonchev–Trinajstić information content (AvgIpc) is 2.61. The zero-order chi connectivity index (χ0) is 19.6. The van der Waals surface area contributed by atoms with Gasteiger partial charge in [0.2, 0.25) is 0 Å². The Hall–Kier alpha value is -2.59. The number of hydrogen-bond acceptors (Lipinski definition) is 6. The van der Waals surface area contributed by atoms with Crippen LogP contribution in [0.3, 0.4) is 0 Å². The van der Waals surface area contributed by atoms with Crippen molar-refractivity contribution in [2.24, 2.45) is 0 Å². The van der Waals surface area contributed by atoms with Gasteiger partial charge >= 0.3 is 6.18 Å². The maximum Gasteiger partial charge on any atom is 0.417 e. The summed E-state index contributed by atoms with van der Waals surface area (Å²) in [6.45, 7) is 0. The first-order valence-electron chi connectivity index (χ1n) is 7.37. The molecule has 0 fully saturated rings. The average molecular weight is 460 g/mol. The number of nitrogens with one attached hydrogen (secondary N) is 2. The molecular formula is C16H11BrClF3N6. The van der Waals surface area contributed by atoms with Crippen LogP contribution in [0.5, 0.6) is 0 Å². The van der Waals surface area contributed by atoms with Gasteiger partial charge in [0, 0.05) is 16.4 Å². The Morgan fingerprint density at radius 3 is 2.19 bits per heavy atom. The number of nitrogens with two attached hydrogens (primary N) is 1. The van der Waals surface area contributed by atoms with Crippen LogP contribution in [0.25, 0.3) is 0 Å². The van der Waals surface area contributed by atoms with Crippen LogP contribution in [0.1, 0.15) is 5.56 Å². The zero-order valence-electron chi connectivity index (χ0n) is 13.4. The summed E-state index contributed by atoms with van der Waals surface area (Å²) in [4.78, 5) is 11.8. The molecule has 6 nitrogen and oxygen atoms in total. The third-order valence-corrected chi connectivity index (χ3v) is 4.21. The van der Waals surface area contributed by atoms with E-state index in [4.69, 9.17) is 17.3 Å². The SMILES string of the molecule is Nc1c(Nc2ccc(Br)cc2)ncnc1Nc1ncc(C(F)(F)F)cc1Cl. The van der Waals surface area contributed by atoms with Gasteiger partial charge in [0.15, 0.2) is 11.6 Å². The first-order valence-corrected chi connectivity index (χ1v) is 8.54. The molecule has 2 heterocycles. The van der Waals surface area contributed by atoms with Crippen molar-refractivity contribution in [3.8, 4) is 0 Å². The smallest absolute Gasteiger partial charge is 0.393 e. The van der Waals surface area contributed by atoms with Gasteiger partial charge in [0.25, 0.3) is 0 Å². The van der Waals surface area contributed by atoms with Gasteiger partial charge in [-0.1, -0.05) is 27.5 Å². The lowest BCUT2D eigenvalue weighted by atomic mass is 10.2. The molecule has 0 aliphatic heterocycles. The number of halogens is 5. The van der Waals surface area contributed by atoms with Crippen LogP contribution >= 0.6 is 27.5 Å². The second-order valence-electron chi connectivity index (χ2n) is 5.29. The van der Waals surface area contributed by atoms with E-state index in [0.717, 1.165) is 16.2 Å². The van der Waals surface area contributed by atoms with E-state index in [9.17, 15) is 13.2 Å². The minimum atomic E-state index is -4.54. The number of hydrogen-bond donors (Lipinski definition) is 3. The lowest BCUT2D eigenvalue weighted by molar-refractivity contribution is -0.137. The summed E-state index contributed by atoms with van der Waals surface area (Å²) in [6, 6.07) is 8.07. The molecule has 0 radical (unpaired) electrons. The highest BCUT2D eigenvalue weighted by Crippen LogP contribution is 2.34. The molecule has 140 valence electrons. The molecule has 2 aromatic heterocycles. The van der Waals surface area contributed by atoms with Crippen LogP contribution in [-0.4, -0.2) is 15.0 Å². The van der Waals surface area contributed by atoms with E-state index in [1.54, 1.807) is 0 Å². The fraction of sp³-hybridized carbons (Fsp3) is 0.0625. The molecule has 4 N–H and O–H groups in total. The highest BCUT2D eigenvalue weighted by Gasteiger charge is 2.31. The number of benzene rings is 1. The van der Waals surface area contributed by atoms with E-state index in [2.05, 4.69) is 41.5 Å². The monoisotopic (exact) mass is 458 g/mol. The van der Waals surface area contributed by atoms with Gasteiger partial charge in [0.05, 0.1) is 10.6 Å². The predicted molar refractivity (Wildman–Crippen MR) is 101 cm³/mol. The van der Waals surface area contributed by atoms with E-state index in [1.165, 1.54) is 6.33 Å². The highest BCUT2D eigenvalue weighted by molar-refractivity contribution is 9.10. The predicted octanol–water partition coefficient (Wildman–Crippen LogP) is 5.38. The normalized spacial score (nSPS) is 11.3. The Morgan fingerprint density at radius 1 is 0.963 bits per heavy atom. The van der Waals surface area contributed by atoms with E-state index in [-0.39, 0.29) is 22.3 Å². The van der Waals surface area contributed by atoms with E-state index in [1.807, 2.05) is 24.3 Å². The van der Waals surface area contributed by atoms with Gasteiger partial charge in [0.1, 0.15) is 17.8 Å². The maximum absolute atomic E-state index is 12.7. The maximum atomic E-state index is 12.7. The second-order valence-corrected chi connectivity index (χ2v) is 6.62. The second kappa shape index (κ2) is 7.57. The standard InChI is InChI=1S/C16H11BrClF3N6/c17-9-1-3-10(4-2-9)26-14-12(22)15(25-7-24-14)27-13-11(18)5-8(6-23-13)16(19,20)21/h1-7H,22H2,(H2,23,24,25,26,27). The van der Waals surface area contributed by atoms with Crippen molar-refractivity contribution in [1.82, 2.24) is 15.0 Å². The van der Waals surface area contributed by atoms with Crippen LogP contribution in [0.2, 0.25) is 5.02 Å². The number of rotatable bonds is 4. The minimum Gasteiger partial charge on any atom is -0.393 e. The van der Waals surface area contributed by atoms with Gasteiger partial charge in [-0.05, 0) is 30.3 Å². The fourth-order valence-corrected chi connectivity index (χ4v) is 2.54. The van der Waals surface area contributed by atoms with Gasteiger partial charge < -0.3 is 16.4 Å². The quantitative estimate of drug-likeness (QED) is 0.486. The fourth-order valence-electron chi connectivity index (χ4n) is 2.06. The van der Waals surface area contributed by atoms with Crippen LogP contribution in [0.15, 0.2) is 47.3 Å². The molecule has 0 amide bonds. The molecule has 0 atom stereocenters. The number of pyridine rings is 1. The molecule has 27 heavy (non-hydrogen) atoms. The number of aromatic nitrogens is 3. The van der Waals surface area contributed by atoms with Crippen molar-refractivity contribution in [2.45, 2.75) is 6.18 Å². The van der Waals surface area contributed by atoms with Gasteiger partial charge in [-0.25, -0.2) is 15.0 Å². The summed E-state index contributed by atoms with van der Waals surface area (Å²) >= 11 is 9.23. The molecule has 0 saturated carbocycles.